The molecule has 2 N–H and O–H groups in total. The first-order valence-corrected chi connectivity index (χ1v) is 9.65. The van der Waals surface area contributed by atoms with Gasteiger partial charge < -0.3 is 10.6 Å². The Kier molecular flexibility index (Phi) is 5.82. The number of hydrogen-bond donors (Lipinski definition) is 2. The Morgan fingerprint density at radius 2 is 1.92 bits per heavy atom. The van der Waals surface area contributed by atoms with Crippen molar-refractivity contribution in [1.29, 1.82) is 0 Å². The number of rotatable bonds is 6. The lowest BCUT2D eigenvalue weighted by Gasteiger charge is -2.17. The fourth-order valence-corrected chi connectivity index (χ4v) is 4.02. The Morgan fingerprint density at radius 3 is 2.46 bits per heavy atom. The number of nitrogens with zero attached hydrogens (tertiary/aromatic N) is 1. The first kappa shape index (κ1) is 18.3. The highest BCUT2D eigenvalue weighted by Crippen LogP contribution is 2.24. The maximum atomic E-state index is 12.2. The van der Waals surface area contributed by atoms with E-state index in [1.807, 2.05) is 6.92 Å². The van der Waals surface area contributed by atoms with Gasteiger partial charge in [0.15, 0.2) is 0 Å². The monoisotopic (exact) mass is 353 g/mol. The quantitative estimate of drug-likeness (QED) is 0.793. The second-order valence-electron chi connectivity index (χ2n) is 5.77. The highest BCUT2D eigenvalue weighted by atomic mass is 32.2. The van der Waals surface area contributed by atoms with E-state index >= 15 is 0 Å². The number of nitrogens with one attached hydrogen (secondary N) is 2. The number of carbonyl (C=O) groups is 2. The summed E-state index contributed by atoms with van der Waals surface area (Å²) in [6.07, 6.45) is 1.43. The van der Waals surface area contributed by atoms with Crippen molar-refractivity contribution in [3.8, 4) is 0 Å². The number of carbonyl (C=O) groups excluding carboxylic acids is 2. The number of sulfonamides is 1. The summed E-state index contributed by atoms with van der Waals surface area (Å²) in [4.78, 5) is 23.9. The van der Waals surface area contributed by atoms with Crippen LogP contribution in [-0.4, -0.2) is 45.1 Å². The number of amides is 2. The molecule has 1 aromatic rings. The third-order valence-electron chi connectivity index (χ3n) is 3.81. The number of hydrogen-bond acceptors (Lipinski definition) is 4. The van der Waals surface area contributed by atoms with Crippen LogP contribution in [0.15, 0.2) is 24.3 Å². The Hall–Kier alpha value is -2.09. The fraction of sp³-hybridized carbons (Fsp3) is 0.500. The second-order valence-corrected chi connectivity index (χ2v) is 7.79. The molecule has 0 bridgehead atoms. The van der Waals surface area contributed by atoms with Crippen LogP contribution >= 0.6 is 0 Å². The van der Waals surface area contributed by atoms with E-state index < -0.39 is 16.1 Å². The van der Waals surface area contributed by atoms with Crippen molar-refractivity contribution in [2.24, 2.45) is 0 Å². The smallest absolute Gasteiger partial charge is 0.251 e. The summed E-state index contributed by atoms with van der Waals surface area (Å²) in [7, 11) is -3.23. The number of anilines is 1. The average molecular weight is 353 g/mol. The van der Waals surface area contributed by atoms with E-state index in [1.165, 1.54) is 4.31 Å². The van der Waals surface area contributed by atoms with Crippen molar-refractivity contribution in [2.75, 3.05) is 23.1 Å². The van der Waals surface area contributed by atoms with Crippen molar-refractivity contribution < 1.29 is 18.0 Å². The SMILES string of the molecule is CCCNC(=O)[C@H](C)NC(=O)c1ccc(N2CCCS2(=O)=O)cc1. The van der Waals surface area contributed by atoms with Crippen LogP contribution in [0.3, 0.4) is 0 Å². The molecule has 0 spiro atoms. The molecule has 1 aromatic carbocycles. The maximum Gasteiger partial charge on any atom is 0.251 e. The molecule has 1 atom stereocenters. The van der Waals surface area contributed by atoms with E-state index in [4.69, 9.17) is 0 Å². The minimum Gasteiger partial charge on any atom is -0.354 e. The van der Waals surface area contributed by atoms with Crippen LogP contribution < -0.4 is 14.9 Å². The molecular weight excluding hydrogens is 330 g/mol. The summed E-state index contributed by atoms with van der Waals surface area (Å²) in [5, 5.41) is 5.34. The third kappa shape index (κ3) is 4.25. The molecule has 8 heteroatoms. The van der Waals surface area contributed by atoms with Gasteiger partial charge in [0.1, 0.15) is 6.04 Å². The van der Waals surface area contributed by atoms with Gasteiger partial charge in [0, 0.05) is 18.7 Å². The predicted molar refractivity (Wildman–Crippen MR) is 92.4 cm³/mol. The van der Waals surface area contributed by atoms with Crippen LogP contribution in [0.2, 0.25) is 0 Å². The van der Waals surface area contributed by atoms with Gasteiger partial charge >= 0.3 is 0 Å². The Balaban J connectivity index is 2.00. The maximum absolute atomic E-state index is 12.2. The second kappa shape index (κ2) is 7.65. The predicted octanol–water partition coefficient (Wildman–Crippen LogP) is 0.871. The molecule has 0 unspecified atom stereocenters. The molecule has 7 nitrogen and oxygen atoms in total. The number of benzene rings is 1. The summed E-state index contributed by atoms with van der Waals surface area (Å²) in [5.41, 5.74) is 0.934. The molecule has 1 heterocycles. The average Bonchev–Trinajstić information content (AvgIpc) is 2.91. The molecule has 1 saturated heterocycles. The molecule has 1 aliphatic heterocycles. The van der Waals surface area contributed by atoms with E-state index in [9.17, 15) is 18.0 Å². The topological polar surface area (TPSA) is 95.6 Å². The summed E-state index contributed by atoms with van der Waals surface area (Å²) < 4.78 is 25.1. The standard InChI is InChI=1S/C16H23N3O4S/c1-3-9-17-15(20)12(2)18-16(21)13-5-7-14(8-6-13)19-10-4-11-24(19,22)23/h5-8,12H,3-4,9-11H2,1-2H3,(H,17,20)(H,18,21)/t12-/m0/s1. The van der Waals surface area contributed by atoms with Gasteiger partial charge in [-0.25, -0.2) is 8.42 Å². The Bertz CT molecular complexity index is 701. The zero-order valence-electron chi connectivity index (χ0n) is 13.9. The van der Waals surface area contributed by atoms with Gasteiger partial charge in [-0.3, -0.25) is 13.9 Å². The van der Waals surface area contributed by atoms with Crippen LogP contribution in [0, 0.1) is 0 Å². The summed E-state index contributed by atoms with van der Waals surface area (Å²) >= 11 is 0. The minimum atomic E-state index is -3.23. The molecule has 0 aromatic heterocycles. The van der Waals surface area contributed by atoms with Gasteiger partial charge in [-0.05, 0) is 44.0 Å². The highest BCUT2D eigenvalue weighted by Gasteiger charge is 2.28. The summed E-state index contributed by atoms with van der Waals surface area (Å²) in [6, 6.07) is 5.71. The largest absolute Gasteiger partial charge is 0.354 e. The molecule has 0 aliphatic carbocycles. The lowest BCUT2D eigenvalue weighted by molar-refractivity contribution is -0.122. The van der Waals surface area contributed by atoms with E-state index in [0.717, 1.165) is 6.42 Å². The zero-order chi connectivity index (χ0) is 17.7. The molecule has 1 fully saturated rings. The molecule has 24 heavy (non-hydrogen) atoms. The molecule has 1 aliphatic rings. The molecule has 0 saturated carbocycles. The summed E-state index contributed by atoms with van der Waals surface area (Å²) in [6.45, 7) is 4.60. The van der Waals surface area contributed by atoms with Gasteiger partial charge in [-0.2, -0.15) is 0 Å². The van der Waals surface area contributed by atoms with Gasteiger partial charge in [-0.15, -0.1) is 0 Å². The minimum absolute atomic E-state index is 0.152. The molecular formula is C16H23N3O4S. The first-order valence-electron chi connectivity index (χ1n) is 8.04. The van der Waals surface area contributed by atoms with E-state index in [1.54, 1.807) is 31.2 Å². The van der Waals surface area contributed by atoms with E-state index in [-0.39, 0.29) is 17.6 Å². The highest BCUT2D eigenvalue weighted by molar-refractivity contribution is 7.93. The van der Waals surface area contributed by atoms with Crippen molar-refractivity contribution in [3.05, 3.63) is 29.8 Å². The van der Waals surface area contributed by atoms with Gasteiger partial charge in [0.25, 0.3) is 5.91 Å². The Morgan fingerprint density at radius 1 is 1.25 bits per heavy atom. The van der Waals surface area contributed by atoms with Crippen LogP contribution in [0.5, 0.6) is 0 Å². The molecule has 0 radical (unpaired) electrons. The van der Waals surface area contributed by atoms with Gasteiger partial charge in [0.2, 0.25) is 15.9 Å². The van der Waals surface area contributed by atoms with Crippen molar-refractivity contribution in [1.82, 2.24) is 10.6 Å². The van der Waals surface area contributed by atoms with Gasteiger partial charge in [0.05, 0.1) is 11.4 Å². The van der Waals surface area contributed by atoms with Crippen molar-refractivity contribution in [3.63, 3.8) is 0 Å². The molecule has 2 rings (SSSR count). The first-order chi connectivity index (χ1) is 11.3. The van der Waals surface area contributed by atoms with Crippen LogP contribution in [0.1, 0.15) is 37.0 Å². The Labute approximate surface area is 142 Å². The van der Waals surface area contributed by atoms with Crippen molar-refractivity contribution in [2.45, 2.75) is 32.7 Å². The molecule has 132 valence electrons. The lowest BCUT2D eigenvalue weighted by Crippen LogP contribution is -2.45. The lowest BCUT2D eigenvalue weighted by atomic mass is 10.1. The van der Waals surface area contributed by atoms with Crippen LogP contribution in [-0.2, 0) is 14.8 Å². The third-order valence-corrected chi connectivity index (χ3v) is 5.68. The summed E-state index contributed by atoms with van der Waals surface area (Å²) in [5.74, 6) is -0.449. The van der Waals surface area contributed by atoms with Crippen LogP contribution in [0.25, 0.3) is 0 Å². The van der Waals surface area contributed by atoms with Gasteiger partial charge in [-0.1, -0.05) is 6.92 Å². The van der Waals surface area contributed by atoms with Crippen LogP contribution in [0.4, 0.5) is 5.69 Å². The van der Waals surface area contributed by atoms with Crippen molar-refractivity contribution >= 4 is 27.5 Å². The molecule has 2 amide bonds. The van der Waals surface area contributed by atoms with E-state index in [2.05, 4.69) is 10.6 Å². The zero-order valence-corrected chi connectivity index (χ0v) is 14.7. The normalized spacial score (nSPS) is 17.3. The van der Waals surface area contributed by atoms with E-state index in [0.29, 0.717) is 30.8 Å². The fourth-order valence-electron chi connectivity index (χ4n) is 2.46.